The van der Waals surface area contributed by atoms with E-state index in [0.717, 1.165) is 68.3 Å². The van der Waals surface area contributed by atoms with Crippen LogP contribution >= 0.6 is 0 Å². The second kappa shape index (κ2) is 9.03. The number of hydrogen-bond acceptors (Lipinski definition) is 6. The van der Waals surface area contributed by atoms with Crippen molar-refractivity contribution in [3.63, 3.8) is 0 Å². The number of benzene rings is 1. The number of carbonyl (C=O) groups is 1. The van der Waals surface area contributed by atoms with Crippen LogP contribution in [0.1, 0.15) is 43.0 Å². The van der Waals surface area contributed by atoms with E-state index >= 15 is 0 Å². The second-order valence-corrected chi connectivity index (χ2v) is 9.05. The smallest absolute Gasteiger partial charge is 0.227 e. The van der Waals surface area contributed by atoms with Gasteiger partial charge in [0.05, 0.1) is 12.0 Å². The number of fused-ring (bicyclic) bond motifs is 1. The predicted molar refractivity (Wildman–Crippen MR) is 118 cm³/mol. The lowest BCUT2D eigenvalue weighted by atomic mass is 9.78. The van der Waals surface area contributed by atoms with Gasteiger partial charge in [-0.1, -0.05) is 23.4 Å². The van der Waals surface area contributed by atoms with Crippen molar-refractivity contribution in [2.24, 2.45) is 5.92 Å². The van der Waals surface area contributed by atoms with Gasteiger partial charge in [-0.3, -0.25) is 4.79 Å². The Morgan fingerprint density at radius 2 is 2.16 bits per heavy atom. The molecule has 2 aliphatic heterocycles. The van der Waals surface area contributed by atoms with E-state index < -0.39 is 0 Å². The number of aromatic amines is 1. The van der Waals surface area contributed by atoms with E-state index in [2.05, 4.69) is 21.2 Å². The van der Waals surface area contributed by atoms with E-state index in [9.17, 15) is 4.79 Å². The maximum absolute atomic E-state index is 13.0. The number of hydrogen-bond donors (Lipinski definition) is 1. The SMILES string of the molecule is COCc1noc(CC2CCOC3(CCN(C(=O)Cc4c[nH]c5ccccc45)CC3)C2)n1. The average molecular weight is 439 g/mol. The number of piperidine rings is 1. The van der Waals surface area contributed by atoms with Gasteiger partial charge in [0.25, 0.3) is 0 Å². The highest BCUT2D eigenvalue weighted by Crippen LogP contribution is 2.39. The van der Waals surface area contributed by atoms with Crippen molar-refractivity contribution >= 4 is 16.8 Å². The summed E-state index contributed by atoms with van der Waals surface area (Å²) in [6, 6.07) is 8.12. The van der Waals surface area contributed by atoms with Crippen LogP contribution in [0.3, 0.4) is 0 Å². The van der Waals surface area contributed by atoms with E-state index in [4.69, 9.17) is 14.0 Å². The maximum Gasteiger partial charge on any atom is 0.227 e. The van der Waals surface area contributed by atoms with Crippen LogP contribution < -0.4 is 0 Å². The van der Waals surface area contributed by atoms with E-state index in [1.807, 2.05) is 29.3 Å². The molecule has 170 valence electrons. The first kappa shape index (κ1) is 21.2. The molecule has 1 amide bonds. The van der Waals surface area contributed by atoms with Crippen molar-refractivity contribution in [1.29, 1.82) is 0 Å². The summed E-state index contributed by atoms with van der Waals surface area (Å²) in [7, 11) is 1.62. The molecule has 0 aliphatic carbocycles. The summed E-state index contributed by atoms with van der Waals surface area (Å²) >= 11 is 0. The number of likely N-dealkylation sites (tertiary alicyclic amines) is 1. The molecule has 4 heterocycles. The lowest BCUT2D eigenvalue weighted by Gasteiger charge is -2.46. The molecule has 0 saturated carbocycles. The standard InChI is InChI=1S/C24H30N4O4/c1-30-16-21-26-22(32-27-21)12-17-6-11-31-24(14-17)7-9-28(10-8-24)23(29)13-18-15-25-20-5-3-2-4-19(18)20/h2-5,15,17,25H,6-14,16H2,1H3. The van der Waals surface area contributed by atoms with Crippen LogP contribution in [0.2, 0.25) is 0 Å². The molecule has 8 heteroatoms. The van der Waals surface area contributed by atoms with Crippen LogP contribution in [0.5, 0.6) is 0 Å². The van der Waals surface area contributed by atoms with Gasteiger partial charge >= 0.3 is 0 Å². The summed E-state index contributed by atoms with van der Waals surface area (Å²) in [5.41, 5.74) is 1.99. The molecule has 32 heavy (non-hydrogen) atoms. The number of methoxy groups -OCH3 is 1. The third kappa shape index (κ3) is 4.42. The number of nitrogens with one attached hydrogen (secondary N) is 1. The molecule has 1 unspecified atom stereocenters. The minimum absolute atomic E-state index is 0.143. The molecule has 3 aromatic rings. The van der Waals surface area contributed by atoms with Crippen LogP contribution in [-0.2, 0) is 33.7 Å². The fourth-order valence-corrected chi connectivity index (χ4v) is 5.18. The normalized spacial score (nSPS) is 20.8. The minimum atomic E-state index is -0.143. The molecule has 2 saturated heterocycles. The van der Waals surface area contributed by atoms with Gasteiger partial charge < -0.3 is 23.9 Å². The molecule has 1 atom stereocenters. The monoisotopic (exact) mass is 438 g/mol. The van der Waals surface area contributed by atoms with Gasteiger partial charge in [-0.2, -0.15) is 4.98 Å². The number of amides is 1. The van der Waals surface area contributed by atoms with Gasteiger partial charge in [0, 0.05) is 50.3 Å². The van der Waals surface area contributed by atoms with Crippen LogP contribution in [0.4, 0.5) is 0 Å². The Kier molecular flexibility index (Phi) is 5.97. The third-order valence-corrected chi connectivity index (χ3v) is 6.89. The lowest BCUT2D eigenvalue weighted by Crippen LogP contribution is -2.51. The van der Waals surface area contributed by atoms with Crippen molar-refractivity contribution in [2.75, 3.05) is 26.8 Å². The number of nitrogens with zero attached hydrogens (tertiary/aromatic N) is 3. The largest absolute Gasteiger partial charge is 0.377 e. The molecule has 1 spiro atoms. The topological polar surface area (TPSA) is 93.5 Å². The fourth-order valence-electron chi connectivity index (χ4n) is 5.18. The molecule has 0 bridgehead atoms. The third-order valence-electron chi connectivity index (χ3n) is 6.89. The summed E-state index contributed by atoms with van der Waals surface area (Å²) in [6.45, 7) is 2.59. The second-order valence-electron chi connectivity index (χ2n) is 9.05. The van der Waals surface area contributed by atoms with Crippen molar-refractivity contribution in [1.82, 2.24) is 20.0 Å². The van der Waals surface area contributed by atoms with Gasteiger partial charge in [0.1, 0.15) is 6.61 Å². The first-order valence-electron chi connectivity index (χ1n) is 11.4. The zero-order valence-electron chi connectivity index (χ0n) is 18.5. The zero-order valence-corrected chi connectivity index (χ0v) is 18.5. The summed E-state index contributed by atoms with van der Waals surface area (Å²) in [4.78, 5) is 22.7. The quantitative estimate of drug-likeness (QED) is 0.635. The molecule has 1 N–H and O–H groups in total. The molecule has 5 rings (SSSR count). The Morgan fingerprint density at radius 1 is 1.31 bits per heavy atom. The highest BCUT2D eigenvalue weighted by Gasteiger charge is 2.41. The number of para-hydroxylation sites is 1. The Morgan fingerprint density at radius 3 is 3.00 bits per heavy atom. The van der Waals surface area contributed by atoms with Crippen molar-refractivity contribution in [2.45, 2.75) is 50.7 Å². The fraction of sp³-hybridized carbons (Fsp3) is 0.542. The van der Waals surface area contributed by atoms with Crippen molar-refractivity contribution in [3.8, 4) is 0 Å². The maximum atomic E-state index is 13.0. The minimum Gasteiger partial charge on any atom is -0.377 e. The van der Waals surface area contributed by atoms with E-state index in [1.165, 1.54) is 0 Å². The van der Waals surface area contributed by atoms with E-state index in [1.54, 1.807) is 7.11 Å². The van der Waals surface area contributed by atoms with Gasteiger partial charge in [-0.15, -0.1) is 0 Å². The summed E-state index contributed by atoms with van der Waals surface area (Å²) < 4.78 is 16.7. The predicted octanol–water partition coefficient (Wildman–Crippen LogP) is 3.27. The highest BCUT2D eigenvalue weighted by atomic mass is 16.5. The Balaban J connectivity index is 1.16. The average Bonchev–Trinajstić information content (AvgIpc) is 3.42. The van der Waals surface area contributed by atoms with Gasteiger partial charge in [0.15, 0.2) is 5.82 Å². The number of H-pyrrole nitrogens is 1. The summed E-state index contributed by atoms with van der Waals surface area (Å²) in [6.07, 6.45) is 6.88. The van der Waals surface area contributed by atoms with E-state index in [0.29, 0.717) is 30.7 Å². The molecule has 2 fully saturated rings. The molecule has 0 radical (unpaired) electrons. The zero-order chi connectivity index (χ0) is 22.0. The molecular weight excluding hydrogens is 408 g/mol. The number of carbonyl (C=O) groups excluding carboxylic acids is 1. The molecule has 8 nitrogen and oxygen atoms in total. The first-order valence-corrected chi connectivity index (χ1v) is 11.4. The lowest BCUT2D eigenvalue weighted by molar-refractivity contribution is -0.146. The molecule has 2 aromatic heterocycles. The van der Waals surface area contributed by atoms with E-state index in [-0.39, 0.29) is 11.5 Å². The van der Waals surface area contributed by atoms with Gasteiger partial charge in [-0.25, -0.2) is 0 Å². The van der Waals surface area contributed by atoms with Crippen LogP contribution in [-0.4, -0.2) is 58.3 Å². The number of aromatic nitrogens is 3. The van der Waals surface area contributed by atoms with Crippen molar-refractivity contribution in [3.05, 3.63) is 47.7 Å². The molecule has 2 aliphatic rings. The molecular formula is C24H30N4O4. The van der Waals surface area contributed by atoms with Crippen molar-refractivity contribution < 1.29 is 18.8 Å². The number of ether oxygens (including phenoxy) is 2. The van der Waals surface area contributed by atoms with Gasteiger partial charge in [0.2, 0.25) is 11.8 Å². The first-order chi connectivity index (χ1) is 15.6. The Bertz CT molecular complexity index is 1070. The Labute approximate surface area is 187 Å². The van der Waals surface area contributed by atoms with Crippen LogP contribution in [0, 0.1) is 5.92 Å². The molecule has 1 aromatic carbocycles. The highest BCUT2D eigenvalue weighted by molar-refractivity contribution is 5.88. The van der Waals surface area contributed by atoms with Crippen LogP contribution in [0.25, 0.3) is 10.9 Å². The Hall–Kier alpha value is -2.71. The summed E-state index contributed by atoms with van der Waals surface area (Å²) in [5, 5.41) is 5.09. The summed E-state index contributed by atoms with van der Waals surface area (Å²) in [5.74, 6) is 1.90. The number of rotatable bonds is 6. The van der Waals surface area contributed by atoms with Gasteiger partial charge in [-0.05, 0) is 43.2 Å². The van der Waals surface area contributed by atoms with Crippen LogP contribution in [0.15, 0.2) is 35.0 Å².